The van der Waals surface area contributed by atoms with Gasteiger partial charge in [-0.3, -0.25) is 4.98 Å². The predicted octanol–water partition coefficient (Wildman–Crippen LogP) is 3.41. The number of hydrogen-bond donors (Lipinski definition) is 1. The Balaban J connectivity index is 1.53. The van der Waals surface area contributed by atoms with Gasteiger partial charge in [-0.25, -0.2) is 0 Å². The first-order valence-electron chi connectivity index (χ1n) is 10.9. The second-order valence-electron chi connectivity index (χ2n) is 9.41. The molecule has 0 spiro atoms. The molecule has 1 aromatic heterocycles. The van der Waals surface area contributed by atoms with Gasteiger partial charge in [0.05, 0.1) is 18.0 Å². The largest absolute Gasteiger partial charge is 0.490 e. The molecule has 2 aliphatic heterocycles. The molecule has 0 radical (unpaired) electrons. The van der Waals surface area contributed by atoms with Gasteiger partial charge in [0, 0.05) is 43.4 Å². The number of benzene rings is 1. The van der Waals surface area contributed by atoms with Gasteiger partial charge in [0.25, 0.3) is 0 Å². The third kappa shape index (κ3) is 3.30. The van der Waals surface area contributed by atoms with Crippen molar-refractivity contribution in [3.8, 4) is 5.75 Å². The maximum atomic E-state index is 12.3. The van der Waals surface area contributed by atoms with Gasteiger partial charge in [0.15, 0.2) is 0 Å². The summed E-state index contributed by atoms with van der Waals surface area (Å²) in [6, 6.07) is 10.2. The van der Waals surface area contributed by atoms with Crippen LogP contribution >= 0.6 is 0 Å². The minimum Gasteiger partial charge on any atom is -0.490 e. The van der Waals surface area contributed by atoms with Gasteiger partial charge in [-0.2, -0.15) is 0 Å². The molecule has 29 heavy (non-hydrogen) atoms. The van der Waals surface area contributed by atoms with E-state index in [1.54, 1.807) is 0 Å². The number of rotatable bonds is 6. The summed E-state index contributed by atoms with van der Waals surface area (Å²) in [5.74, 6) is 0.887. The van der Waals surface area contributed by atoms with E-state index in [4.69, 9.17) is 4.74 Å². The fraction of sp³-hybridized carbons (Fsp3) is 0.542. The summed E-state index contributed by atoms with van der Waals surface area (Å²) >= 11 is 0. The van der Waals surface area contributed by atoms with Crippen LogP contribution in [0.3, 0.4) is 0 Å². The molecule has 1 aromatic carbocycles. The molecule has 5 rings (SSSR count). The Morgan fingerprint density at radius 1 is 1.07 bits per heavy atom. The third-order valence-electron chi connectivity index (χ3n) is 6.82. The highest BCUT2D eigenvalue weighted by Crippen LogP contribution is 2.50. The topological polar surface area (TPSA) is 48.8 Å². The van der Waals surface area contributed by atoms with E-state index in [0.717, 1.165) is 61.6 Å². The van der Waals surface area contributed by atoms with E-state index in [-0.39, 0.29) is 5.41 Å². The van der Waals surface area contributed by atoms with Crippen molar-refractivity contribution >= 4 is 5.69 Å². The SMILES string of the molecule is CN1CC(C)(C(O)(c2ccc(OC3CC3)cc2)c2cncc(N3CCCC3)c2)C1. The van der Waals surface area contributed by atoms with Gasteiger partial charge >= 0.3 is 0 Å². The highest BCUT2D eigenvalue weighted by molar-refractivity contribution is 5.51. The summed E-state index contributed by atoms with van der Waals surface area (Å²) in [5.41, 5.74) is 1.54. The Hall–Kier alpha value is -2.11. The molecule has 1 saturated carbocycles. The molecule has 5 heteroatoms. The molecular formula is C24H31N3O2. The Morgan fingerprint density at radius 2 is 1.76 bits per heavy atom. The molecule has 5 nitrogen and oxygen atoms in total. The highest BCUT2D eigenvalue weighted by atomic mass is 16.5. The van der Waals surface area contributed by atoms with E-state index >= 15 is 0 Å². The van der Waals surface area contributed by atoms with E-state index in [0.29, 0.717) is 6.10 Å². The molecule has 0 bridgehead atoms. The number of aromatic nitrogens is 1. The van der Waals surface area contributed by atoms with Gasteiger partial charge in [-0.15, -0.1) is 0 Å². The first-order chi connectivity index (χ1) is 14.0. The number of hydrogen-bond acceptors (Lipinski definition) is 5. The van der Waals surface area contributed by atoms with Crippen LogP contribution in [0, 0.1) is 5.41 Å². The van der Waals surface area contributed by atoms with Gasteiger partial charge in [0.2, 0.25) is 0 Å². The molecule has 1 N–H and O–H groups in total. The summed E-state index contributed by atoms with van der Waals surface area (Å²) in [7, 11) is 2.10. The monoisotopic (exact) mass is 393 g/mol. The molecule has 2 aromatic rings. The van der Waals surface area contributed by atoms with Crippen LogP contribution in [0.1, 0.15) is 43.7 Å². The lowest BCUT2D eigenvalue weighted by Gasteiger charge is -2.55. The standard InChI is InChI=1S/C24H31N3O2/c1-23(16-26(2)17-23)24(28,18-5-7-21(8-6-18)29-22-9-10-22)19-13-20(15-25-14-19)27-11-3-4-12-27/h5-8,13-15,22,28H,3-4,9-12,16-17H2,1-2H3. The smallest absolute Gasteiger partial charge is 0.124 e. The van der Waals surface area contributed by atoms with Crippen molar-refractivity contribution in [3.05, 3.63) is 53.9 Å². The average molecular weight is 394 g/mol. The average Bonchev–Trinajstić information content (AvgIpc) is 3.35. The Bertz CT molecular complexity index is 868. The molecule has 3 aliphatic rings. The number of nitrogens with zero attached hydrogens (tertiary/aromatic N) is 3. The fourth-order valence-electron chi connectivity index (χ4n) is 5.16. The van der Waals surface area contributed by atoms with Crippen molar-refractivity contribution in [3.63, 3.8) is 0 Å². The number of anilines is 1. The lowest BCUT2D eigenvalue weighted by atomic mass is 9.62. The van der Waals surface area contributed by atoms with Gasteiger partial charge in [-0.05, 0) is 56.5 Å². The predicted molar refractivity (Wildman–Crippen MR) is 114 cm³/mol. The fourth-order valence-corrected chi connectivity index (χ4v) is 5.16. The minimum atomic E-state index is -1.10. The summed E-state index contributed by atoms with van der Waals surface area (Å²) in [6.45, 7) is 6.01. The third-order valence-corrected chi connectivity index (χ3v) is 6.82. The van der Waals surface area contributed by atoms with Crippen molar-refractivity contribution in [1.29, 1.82) is 0 Å². The lowest BCUT2D eigenvalue weighted by Crippen LogP contribution is -2.63. The molecule has 1 atom stereocenters. The van der Waals surface area contributed by atoms with Crippen LogP contribution in [0.15, 0.2) is 42.7 Å². The quantitative estimate of drug-likeness (QED) is 0.815. The van der Waals surface area contributed by atoms with Crippen molar-refractivity contribution in [1.82, 2.24) is 9.88 Å². The van der Waals surface area contributed by atoms with E-state index in [1.807, 2.05) is 36.7 Å². The molecule has 3 fully saturated rings. The summed E-state index contributed by atoms with van der Waals surface area (Å²) < 4.78 is 5.92. The summed E-state index contributed by atoms with van der Waals surface area (Å²) in [6.07, 6.45) is 8.88. The summed E-state index contributed by atoms with van der Waals surface area (Å²) in [4.78, 5) is 9.17. The number of likely N-dealkylation sites (tertiary alicyclic amines) is 1. The Labute approximate surface area is 173 Å². The molecule has 3 heterocycles. The normalized spacial score (nSPS) is 23.5. The first kappa shape index (κ1) is 18.9. The second kappa shape index (κ2) is 6.99. The van der Waals surface area contributed by atoms with Crippen molar-refractivity contribution in [2.45, 2.75) is 44.3 Å². The molecule has 154 valence electrons. The second-order valence-corrected chi connectivity index (χ2v) is 9.41. The maximum Gasteiger partial charge on any atom is 0.124 e. The van der Waals surface area contributed by atoms with Crippen molar-refractivity contribution in [2.75, 3.05) is 38.1 Å². The molecule has 0 amide bonds. The molecular weight excluding hydrogens is 362 g/mol. The zero-order valence-electron chi connectivity index (χ0n) is 17.5. The van der Waals surface area contributed by atoms with Crippen molar-refractivity contribution in [2.24, 2.45) is 5.41 Å². The van der Waals surface area contributed by atoms with Gasteiger partial charge in [-0.1, -0.05) is 19.1 Å². The molecule has 1 unspecified atom stereocenters. The molecule has 2 saturated heterocycles. The highest BCUT2D eigenvalue weighted by Gasteiger charge is 2.55. The minimum absolute atomic E-state index is 0.272. The van der Waals surface area contributed by atoms with E-state index in [1.165, 1.54) is 12.8 Å². The number of aliphatic hydroxyl groups is 1. The van der Waals surface area contributed by atoms with E-state index in [2.05, 4.69) is 34.8 Å². The molecule has 1 aliphatic carbocycles. The van der Waals surface area contributed by atoms with Crippen LogP contribution in [0.4, 0.5) is 5.69 Å². The van der Waals surface area contributed by atoms with E-state index in [9.17, 15) is 5.11 Å². The number of ether oxygens (including phenoxy) is 1. The Kier molecular flexibility index (Phi) is 4.56. The van der Waals surface area contributed by atoms with Crippen LogP contribution in [0.25, 0.3) is 0 Å². The summed E-state index contributed by atoms with van der Waals surface area (Å²) in [5, 5.41) is 12.3. The van der Waals surface area contributed by atoms with Gasteiger partial charge in [0.1, 0.15) is 11.4 Å². The van der Waals surface area contributed by atoms with Gasteiger partial charge < -0.3 is 19.6 Å². The zero-order chi connectivity index (χ0) is 20.1. The van der Waals surface area contributed by atoms with Crippen LogP contribution in [-0.4, -0.2) is 54.3 Å². The number of pyridine rings is 1. The maximum absolute atomic E-state index is 12.3. The first-order valence-corrected chi connectivity index (χ1v) is 10.9. The lowest BCUT2D eigenvalue weighted by molar-refractivity contribution is -0.127. The van der Waals surface area contributed by atoms with Crippen LogP contribution < -0.4 is 9.64 Å². The van der Waals surface area contributed by atoms with E-state index < -0.39 is 5.60 Å². The van der Waals surface area contributed by atoms with Crippen molar-refractivity contribution < 1.29 is 9.84 Å². The van der Waals surface area contributed by atoms with Crippen LogP contribution in [-0.2, 0) is 5.60 Å². The van der Waals surface area contributed by atoms with Crippen LogP contribution in [0.2, 0.25) is 0 Å². The Morgan fingerprint density at radius 3 is 2.38 bits per heavy atom. The van der Waals surface area contributed by atoms with Crippen LogP contribution in [0.5, 0.6) is 5.75 Å². The zero-order valence-corrected chi connectivity index (χ0v) is 17.5.